The number of hydrogen-bond acceptors (Lipinski definition) is 2. The molecule has 0 aromatic heterocycles. The number of rotatable bonds is 3. The van der Waals surface area contributed by atoms with Gasteiger partial charge in [0.15, 0.2) is 0 Å². The minimum Gasteiger partial charge on any atom is -0.285 e. The standard InChI is InChI=1S/C19H23NO2/c1-14(20(22)18(21)19(2,3)4)15-10-12-17(13-11-15)16-8-6-5-7-9-16/h5-14,22H,1-4H3. The highest BCUT2D eigenvalue weighted by atomic mass is 16.5. The van der Waals surface area contributed by atoms with Crippen molar-refractivity contribution >= 4 is 5.91 Å². The van der Waals surface area contributed by atoms with Gasteiger partial charge in [-0.05, 0) is 23.6 Å². The maximum Gasteiger partial charge on any atom is 0.251 e. The number of hydroxylamine groups is 2. The molecule has 2 aromatic rings. The summed E-state index contributed by atoms with van der Waals surface area (Å²) in [4.78, 5) is 12.1. The van der Waals surface area contributed by atoms with Crippen LogP contribution in [0, 0.1) is 5.41 Å². The van der Waals surface area contributed by atoms with Gasteiger partial charge < -0.3 is 0 Å². The molecule has 0 saturated heterocycles. The molecule has 0 spiro atoms. The topological polar surface area (TPSA) is 40.5 Å². The average Bonchev–Trinajstić information content (AvgIpc) is 2.53. The van der Waals surface area contributed by atoms with E-state index >= 15 is 0 Å². The Balaban J connectivity index is 2.18. The van der Waals surface area contributed by atoms with Crippen LogP contribution < -0.4 is 0 Å². The molecule has 3 heteroatoms. The van der Waals surface area contributed by atoms with Crippen molar-refractivity contribution in [1.29, 1.82) is 0 Å². The van der Waals surface area contributed by atoms with E-state index in [9.17, 15) is 10.0 Å². The van der Waals surface area contributed by atoms with E-state index < -0.39 is 5.41 Å². The largest absolute Gasteiger partial charge is 0.285 e. The van der Waals surface area contributed by atoms with E-state index in [1.807, 2.05) is 49.4 Å². The first-order valence-corrected chi connectivity index (χ1v) is 7.48. The average molecular weight is 297 g/mol. The van der Waals surface area contributed by atoms with Crippen molar-refractivity contribution in [3.05, 3.63) is 60.2 Å². The van der Waals surface area contributed by atoms with Crippen LogP contribution in [0.3, 0.4) is 0 Å². The van der Waals surface area contributed by atoms with Gasteiger partial charge in [-0.3, -0.25) is 10.0 Å². The molecular weight excluding hydrogens is 274 g/mol. The first-order chi connectivity index (χ1) is 10.3. The predicted octanol–water partition coefficient (Wildman–Crippen LogP) is 4.68. The van der Waals surface area contributed by atoms with E-state index in [1.54, 1.807) is 20.8 Å². The van der Waals surface area contributed by atoms with Crippen molar-refractivity contribution in [2.24, 2.45) is 5.41 Å². The molecule has 0 bridgehead atoms. The zero-order valence-corrected chi connectivity index (χ0v) is 13.6. The quantitative estimate of drug-likeness (QED) is 0.660. The summed E-state index contributed by atoms with van der Waals surface area (Å²) in [5.41, 5.74) is 2.56. The van der Waals surface area contributed by atoms with Crippen molar-refractivity contribution in [3.8, 4) is 11.1 Å². The van der Waals surface area contributed by atoms with E-state index in [4.69, 9.17) is 0 Å². The van der Waals surface area contributed by atoms with Crippen LogP contribution in [0.15, 0.2) is 54.6 Å². The van der Waals surface area contributed by atoms with Gasteiger partial charge in [0, 0.05) is 5.41 Å². The van der Waals surface area contributed by atoms with E-state index in [-0.39, 0.29) is 11.9 Å². The fraction of sp³-hybridized carbons (Fsp3) is 0.316. The van der Waals surface area contributed by atoms with Gasteiger partial charge in [0.1, 0.15) is 0 Å². The van der Waals surface area contributed by atoms with Crippen LogP contribution in [0.2, 0.25) is 0 Å². The van der Waals surface area contributed by atoms with E-state index in [1.165, 1.54) is 0 Å². The van der Waals surface area contributed by atoms with Gasteiger partial charge in [0.25, 0.3) is 5.91 Å². The monoisotopic (exact) mass is 297 g/mol. The fourth-order valence-electron chi connectivity index (χ4n) is 2.25. The molecule has 1 atom stereocenters. The molecule has 116 valence electrons. The lowest BCUT2D eigenvalue weighted by Crippen LogP contribution is -2.38. The Morgan fingerprint density at radius 3 is 1.95 bits per heavy atom. The molecular formula is C19H23NO2. The Hall–Kier alpha value is -2.13. The fourth-order valence-corrected chi connectivity index (χ4v) is 2.25. The Labute approximate surface area is 132 Å². The van der Waals surface area contributed by atoms with Crippen LogP contribution in [0.5, 0.6) is 0 Å². The zero-order valence-electron chi connectivity index (χ0n) is 13.6. The molecule has 22 heavy (non-hydrogen) atoms. The summed E-state index contributed by atoms with van der Waals surface area (Å²) in [5.74, 6) is -0.285. The van der Waals surface area contributed by atoms with Crippen LogP contribution in [0.25, 0.3) is 11.1 Å². The third-order valence-electron chi connectivity index (χ3n) is 3.72. The lowest BCUT2D eigenvalue weighted by atomic mass is 9.94. The third-order valence-corrected chi connectivity index (χ3v) is 3.72. The summed E-state index contributed by atoms with van der Waals surface area (Å²) in [7, 11) is 0. The van der Waals surface area contributed by atoms with Crippen LogP contribution in [0.4, 0.5) is 0 Å². The molecule has 0 saturated carbocycles. The Morgan fingerprint density at radius 1 is 0.955 bits per heavy atom. The van der Waals surface area contributed by atoms with Crippen LogP contribution >= 0.6 is 0 Å². The van der Waals surface area contributed by atoms with Crippen molar-refractivity contribution in [3.63, 3.8) is 0 Å². The summed E-state index contributed by atoms with van der Waals surface area (Å²) in [5, 5.41) is 11.0. The highest BCUT2D eigenvalue weighted by Crippen LogP contribution is 2.27. The second-order valence-corrected chi connectivity index (χ2v) is 6.56. The van der Waals surface area contributed by atoms with Gasteiger partial charge in [0.05, 0.1) is 6.04 Å². The van der Waals surface area contributed by atoms with E-state index in [2.05, 4.69) is 12.1 Å². The van der Waals surface area contributed by atoms with Crippen molar-refractivity contribution in [2.75, 3.05) is 0 Å². The van der Waals surface area contributed by atoms with Crippen LogP contribution in [-0.4, -0.2) is 16.2 Å². The minimum atomic E-state index is -0.604. The maximum atomic E-state index is 12.1. The van der Waals surface area contributed by atoms with E-state index in [0.717, 1.165) is 21.8 Å². The summed E-state index contributed by atoms with van der Waals surface area (Å²) >= 11 is 0. The molecule has 1 unspecified atom stereocenters. The zero-order chi connectivity index (χ0) is 16.3. The molecule has 0 radical (unpaired) electrons. The van der Waals surface area contributed by atoms with Gasteiger partial charge >= 0.3 is 0 Å². The first kappa shape index (κ1) is 16.2. The van der Waals surface area contributed by atoms with Crippen LogP contribution in [0.1, 0.15) is 39.3 Å². The normalized spacial score (nSPS) is 12.8. The van der Waals surface area contributed by atoms with Gasteiger partial charge in [-0.2, -0.15) is 0 Å². The van der Waals surface area contributed by atoms with Gasteiger partial charge in [0.2, 0.25) is 0 Å². The van der Waals surface area contributed by atoms with Crippen molar-refractivity contribution < 1.29 is 10.0 Å². The Bertz CT molecular complexity index is 627. The number of carbonyl (C=O) groups is 1. The van der Waals surface area contributed by atoms with Crippen LogP contribution in [-0.2, 0) is 4.79 Å². The van der Waals surface area contributed by atoms with Gasteiger partial charge in [-0.15, -0.1) is 0 Å². The highest BCUT2D eigenvalue weighted by Gasteiger charge is 2.30. The highest BCUT2D eigenvalue weighted by molar-refractivity contribution is 5.80. The van der Waals surface area contributed by atoms with Gasteiger partial charge in [-0.25, -0.2) is 5.06 Å². The molecule has 2 aromatic carbocycles. The molecule has 0 fully saturated rings. The number of nitrogens with zero attached hydrogens (tertiary/aromatic N) is 1. The minimum absolute atomic E-state index is 0.285. The second-order valence-electron chi connectivity index (χ2n) is 6.56. The molecule has 1 amide bonds. The summed E-state index contributed by atoms with van der Waals surface area (Å²) in [6, 6.07) is 17.6. The number of carbonyl (C=O) groups excluding carboxylic acids is 1. The Morgan fingerprint density at radius 2 is 1.45 bits per heavy atom. The molecule has 0 aliphatic carbocycles. The molecule has 0 aliphatic rings. The van der Waals surface area contributed by atoms with Crippen molar-refractivity contribution in [1.82, 2.24) is 5.06 Å². The predicted molar refractivity (Wildman–Crippen MR) is 88.4 cm³/mol. The summed E-state index contributed by atoms with van der Waals surface area (Å²) in [6.07, 6.45) is 0. The smallest absolute Gasteiger partial charge is 0.251 e. The molecule has 0 heterocycles. The number of benzene rings is 2. The SMILES string of the molecule is CC(c1ccc(-c2ccccc2)cc1)N(O)C(=O)C(C)(C)C. The molecule has 3 nitrogen and oxygen atoms in total. The molecule has 2 rings (SSSR count). The lowest BCUT2D eigenvalue weighted by Gasteiger charge is -2.29. The van der Waals surface area contributed by atoms with Crippen molar-refractivity contribution in [2.45, 2.75) is 33.7 Å². The number of hydrogen-bond donors (Lipinski definition) is 1. The van der Waals surface area contributed by atoms with Gasteiger partial charge in [-0.1, -0.05) is 75.4 Å². The lowest BCUT2D eigenvalue weighted by molar-refractivity contribution is -0.184. The third kappa shape index (κ3) is 3.55. The second kappa shape index (κ2) is 6.32. The molecule has 0 aliphatic heterocycles. The van der Waals surface area contributed by atoms with E-state index in [0.29, 0.717) is 0 Å². The Kier molecular flexibility index (Phi) is 4.67. The first-order valence-electron chi connectivity index (χ1n) is 7.48. The molecule has 1 N–H and O–H groups in total. The maximum absolute atomic E-state index is 12.1. The summed E-state index contributed by atoms with van der Waals surface area (Å²) in [6.45, 7) is 7.21. The summed E-state index contributed by atoms with van der Waals surface area (Å²) < 4.78 is 0. The number of amides is 1.